The molecule has 0 fully saturated rings. The number of carbonyl (C=O) groups is 1. The van der Waals surface area contributed by atoms with Gasteiger partial charge in [0, 0.05) is 24.7 Å². The van der Waals surface area contributed by atoms with Crippen LogP contribution in [0.1, 0.15) is 16.1 Å². The fourth-order valence-corrected chi connectivity index (χ4v) is 3.56. The van der Waals surface area contributed by atoms with Crippen LogP contribution >= 0.6 is 11.3 Å². The fraction of sp³-hybridized carbons (Fsp3) is 0.188. The predicted octanol–water partition coefficient (Wildman–Crippen LogP) is 2.03. The summed E-state index contributed by atoms with van der Waals surface area (Å²) < 4.78 is 3.79. The van der Waals surface area contributed by atoms with Crippen molar-refractivity contribution in [1.29, 1.82) is 0 Å². The molecular formula is C16H13N5O3S. The summed E-state index contributed by atoms with van der Waals surface area (Å²) >= 11 is 1.18. The van der Waals surface area contributed by atoms with Crippen LogP contribution in [0.25, 0.3) is 10.2 Å². The molecule has 0 N–H and O–H groups in total. The highest BCUT2D eigenvalue weighted by Gasteiger charge is 2.16. The topological polar surface area (TPSA) is 95.3 Å². The van der Waals surface area contributed by atoms with Crippen molar-refractivity contribution < 1.29 is 9.72 Å². The van der Waals surface area contributed by atoms with Crippen molar-refractivity contribution in [2.24, 2.45) is 12.0 Å². The Balaban J connectivity index is 2.21. The molecule has 0 saturated carbocycles. The van der Waals surface area contributed by atoms with Crippen molar-refractivity contribution in [3.63, 3.8) is 0 Å². The Morgan fingerprint density at radius 2 is 2.28 bits per heavy atom. The summed E-state index contributed by atoms with van der Waals surface area (Å²) in [7, 11) is 1.67. The SMILES string of the molecule is C#CCn1c(=NC(=O)c2c(C)cnn2C)sc2cc([N+](=O)[O-])ccc21. The summed E-state index contributed by atoms with van der Waals surface area (Å²) in [4.78, 5) is 27.6. The smallest absolute Gasteiger partial charge is 0.298 e. The largest absolute Gasteiger partial charge is 0.305 e. The number of nitro groups is 1. The lowest BCUT2D eigenvalue weighted by atomic mass is 10.3. The second-order valence-corrected chi connectivity index (χ2v) is 6.31. The van der Waals surface area contributed by atoms with E-state index in [9.17, 15) is 14.9 Å². The van der Waals surface area contributed by atoms with Crippen molar-refractivity contribution in [1.82, 2.24) is 14.3 Å². The van der Waals surface area contributed by atoms with Gasteiger partial charge in [-0.3, -0.25) is 19.6 Å². The highest BCUT2D eigenvalue weighted by Crippen LogP contribution is 2.23. The molecule has 25 heavy (non-hydrogen) atoms. The molecule has 0 spiro atoms. The minimum atomic E-state index is -0.467. The van der Waals surface area contributed by atoms with Crippen LogP contribution in [0.3, 0.4) is 0 Å². The van der Waals surface area contributed by atoms with Gasteiger partial charge in [0.1, 0.15) is 5.69 Å². The first-order valence-electron chi connectivity index (χ1n) is 7.21. The molecule has 0 unspecified atom stereocenters. The molecule has 9 heteroatoms. The minimum absolute atomic E-state index is 0.0260. The number of terminal acetylenes is 1. The number of aromatic nitrogens is 3. The van der Waals surface area contributed by atoms with Gasteiger partial charge in [0.2, 0.25) is 0 Å². The van der Waals surface area contributed by atoms with E-state index in [1.807, 2.05) is 0 Å². The number of amides is 1. The van der Waals surface area contributed by atoms with Gasteiger partial charge in [-0.25, -0.2) is 0 Å². The maximum Gasteiger partial charge on any atom is 0.298 e. The lowest BCUT2D eigenvalue weighted by Gasteiger charge is -2.00. The molecule has 0 aliphatic heterocycles. The summed E-state index contributed by atoms with van der Waals surface area (Å²) in [5.74, 6) is 2.08. The number of hydrogen-bond acceptors (Lipinski definition) is 5. The Kier molecular flexibility index (Phi) is 4.21. The van der Waals surface area contributed by atoms with Gasteiger partial charge in [-0.05, 0) is 13.0 Å². The Bertz CT molecular complexity index is 1090. The van der Waals surface area contributed by atoms with Gasteiger partial charge in [-0.15, -0.1) is 6.42 Å². The predicted molar refractivity (Wildman–Crippen MR) is 93.1 cm³/mol. The molecule has 2 heterocycles. The Hall–Kier alpha value is -3.25. The molecule has 8 nitrogen and oxygen atoms in total. The minimum Gasteiger partial charge on any atom is -0.305 e. The molecule has 1 aromatic carbocycles. The molecule has 3 rings (SSSR count). The number of nitrogens with zero attached hydrogens (tertiary/aromatic N) is 5. The highest BCUT2D eigenvalue weighted by molar-refractivity contribution is 7.16. The number of aryl methyl sites for hydroxylation is 2. The first-order chi connectivity index (χ1) is 11.9. The average molecular weight is 355 g/mol. The number of hydrogen-bond donors (Lipinski definition) is 0. The van der Waals surface area contributed by atoms with Crippen molar-refractivity contribution >= 4 is 33.1 Å². The molecule has 1 amide bonds. The number of fused-ring (bicyclic) bond motifs is 1. The summed E-state index contributed by atoms with van der Waals surface area (Å²) in [6.07, 6.45) is 7.01. The van der Waals surface area contributed by atoms with Gasteiger partial charge in [-0.1, -0.05) is 17.3 Å². The maximum absolute atomic E-state index is 12.5. The lowest BCUT2D eigenvalue weighted by molar-refractivity contribution is -0.384. The Labute approximate surface area is 146 Å². The molecule has 2 aromatic heterocycles. The van der Waals surface area contributed by atoms with Crippen LogP contribution in [-0.4, -0.2) is 25.2 Å². The van der Waals surface area contributed by atoms with Crippen LogP contribution in [-0.2, 0) is 13.6 Å². The maximum atomic E-state index is 12.5. The van der Waals surface area contributed by atoms with Crippen LogP contribution in [0.15, 0.2) is 29.4 Å². The highest BCUT2D eigenvalue weighted by atomic mass is 32.1. The summed E-state index contributed by atoms with van der Waals surface area (Å²) in [5.41, 5.74) is 1.77. The van der Waals surface area contributed by atoms with Crippen LogP contribution in [0.5, 0.6) is 0 Å². The summed E-state index contributed by atoms with van der Waals surface area (Å²) in [6, 6.07) is 4.46. The molecule has 0 aliphatic rings. The fourth-order valence-electron chi connectivity index (χ4n) is 2.50. The van der Waals surface area contributed by atoms with Gasteiger partial charge < -0.3 is 4.57 Å². The second-order valence-electron chi connectivity index (χ2n) is 5.30. The molecule has 0 saturated heterocycles. The molecule has 0 atom stereocenters. The molecular weight excluding hydrogens is 342 g/mol. The lowest BCUT2D eigenvalue weighted by Crippen LogP contribution is -2.18. The van der Waals surface area contributed by atoms with E-state index in [4.69, 9.17) is 6.42 Å². The van der Waals surface area contributed by atoms with Crippen molar-refractivity contribution in [2.75, 3.05) is 0 Å². The number of carbonyl (C=O) groups excluding carboxylic acids is 1. The van der Waals surface area contributed by atoms with E-state index in [2.05, 4.69) is 16.0 Å². The number of non-ortho nitro benzene ring substituents is 1. The van der Waals surface area contributed by atoms with Gasteiger partial charge in [0.05, 0.1) is 27.9 Å². The molecule has 0 radical (unpaired) electrons. The van der Waals surface area contributed by atoms with Crippen molar-refractivity contribution in [3.05, 3.63) is 50.6 Å². The molecule has 126 valence electrons. The first-order valence-corrected chi connectivity index (χ1v) is 8.03. The van der Waals surface area contributed by atoms with Gasteiger partial charge in [0.25, 0.3) is 11.6 Å². The van der Waals surface area contributed by atoms with Gasteiger partial charge in [-0.2, -0.15) is 10.1 Å². The van der Waals surface area contributed by atoms with Gasteiger partial charge >= 0.3 is 0 Å². The van der Waals surface area contributed by atoms with E-state index in [1.54, 1.807) is 30.8 Å². The normalized spacial score (nSPS) is 11.6. The third kappa shape index (κ3) is 2.95. The van der Waals surface area contributed by atoms with Crippen LogP contribution in [0.2, 0.25) is 0 Å². The molecule has 3 aromatic rings. The zero-order chi connectivity index (χ0) is 18.1. The van der Waals surface area contributed by atoms with E-state index < -0.39 is 10.8 Å². The molecule has 0 aliphatic carbocycles. The van der Waals surface area contributed by atoms with Crippen molar-refractivity contribution in [2.45, 2.75) is 13.5 Å². The van der Waals surface area contributed by atoms with Crippen molar-refractivity contribution in [3.8, 4) is 12.3 Å². The van der Waals surface area contributed by atoms with E-state index in [0.29, 0.717) is 20.7 Å². The van der Waals surface area contributed by atoms with Crippen LogP contribution < -0.4 is 4.80 Å². The second kappa shape index (κ2) is 6.33. The Morgan fingerprint density at radius 1 is 1.52 bits per heavy atom. The summed E-state index contributed by atoms with van der Waals surface area (Å²) in [6.45, 7) is 1.98. The Morgan fingerprint density at radius 3 is 2.88 bits per heavy atom. The van der Waals surface area contributed by atoms with Crippen LogP contribution in [0, 0.1) is 29.4 Å². The standard InChI is InChI=1S/C16H13N5O3S/c1-4-7-20-12-6-5-11(21(23)24)8-13(12)25-16(20)18-15(22)14-10(2)9-17-19(14)3/h1,5-6,8-9H,7H2,2-3H3. The summed E-state index contributed by atoms with van der Waals surface area (Å²) in [5, 5.41) is 15.0. The van der Waals surface area contributed by atoms with E-state index in [-0.39, 0.29) is 12.2 Å². The van der Waals surface area contributed by atoms with Crippen LogP contribution in [0.4, 0.5) is 5.69 Å². The molecule has 0 bridgehead atoms. The monoisotopic (exact) mass is 355 g/mol. The zero-order valence-electron chi connectivity index (χ0n) is 13.5. The third-order valence-electron chi connectivity index (χ3n) is 3.65. The number of benzene rings is 1. The van der Waals surface area contributed by atoms with Gasteiger partial charge in [0.15, 0.2) is 4.80 Å². The number of thiazole rings is 1. The van der Waals surface area contributed by atoms with E-state index >= 15 is 0 Å². The van der Waals surface area contributed by atoms with E-state index in [0.717, 1.165) is 5.56 Å². The third-order valence-corrected chi connectivity index (χ3v) is 4.69. The van der Waals surface area contributed by atoms with E-state index in [1.165, 1.54) is 28.2 Å². The zero-order valence-corrected chi connectivity index (χ0v) is 14.3. The quantitative estimate of drug-likeness (QED) is 0.408. The number of rotatable bonds is 3. The number of nitro benzene ring substituents is 1. The first kappa shape index (κ1) is 16.6. The average Bonchev–Trinajstić information content (AvgIpc) is 3.07.